The summed E-state index contributed by atoms with van der Waals surface area (Å²) in [4.78, 5) is 6.45. The SMILES string of the molecule is [Si].c1c[nH+]c2c(c1)ccc1[nH]ccc12. The average Bonchev–Trinajstić information content (AvgIpc) is 2.65. The Morgan fingerprint density at radius 3 is 2.93 bits per heavy atom. The Morgan fingerprint density at radius 2 is 2.00 bits per heavy atom. The van der Waals surface area contributed by atoms with Crippen LogP contribution in [0.15, 0.2) is 42.7 Å². The molecule has 0 aliphatic carbocycles. The van der Waals surface area contributed by atoms with Crippen molar-refractivity contribution in [2.75, 3.05) is 0 Å². The monoisotopic (exact) mass is 197 g/mol. The maximum Gasteiger partial charge on any atom is 0.220 e. The van der Waals surface area contributed by atoms with E-state index in [4.69, 9.17) is 0 Å². The molecule has 0 aliphatic rings. The Kier molecular flexibility index (Phi) is 2.09. The number of rotatable bonds is 0. The Balaban J connectivity index is 0.000000750. The third-order valence-electron chi connectivity index (χ3n) is 2.37. The van der Waals surface area contributed by atoms with Crippen LogP contribution < -0.4 is 4.98 Å². The van der Waals surface area contributed by atoms with Gasteiger partial charge in [0.05, 0.1) is 10.9 Å². The van der Waals surface area contributed by atoms with Crippen molar-refractivity contribution in [1.29, 1.82) is 0 Å². The zero-order valence-electron chi connectivity index (χ0n) is 7.54. The molecule has 4 radical (unpaired) electrons. The van der Waals surface area contributed by atoms with Gasteiger partial charge in [-0.2, -0.15) is 0 Å². The standard InChI is InChI=1S/C11H8N2.Si/c1-2-8-3-4-10-9(5-7-12-10)11(8)13-6-1;/h1-7,12H;/p+1. The number of H-pyrrole nitrogens is 2. The van der Waals surface area contributed by atoms with Gasteiger partial charge in [0.1, 0.15) is 0 Å². The molecule has 0 fully saturated rings. The van der Waals surface area contributed by atoms with Crippen LogP contribution in [0.2, 0.25) is 0 Å². The van der Waals surface area contributed by atoms with Crippen molar-refractivity contribution in [1.82, 2.24) is 4.98 Å². The van der Waals surface area contributed by atoms with E-state index < -0.39 is 0 Å². The van der Waals surface area contributed by atoms with Crippen molar-refractivity contribution in [3.63, 3.8) is 0 Å². The molecule has 3 heteroatoms. The van der Waals surface area contributed by atoms with Gasteiger partial charge >= 0.3 is 0 Å². The van der Waals surface area contributed by atoms with Crippen LogP contribution in [0, 0.1) is 0 Å². The van der Waals surface area contributed by atoms with Crippen LogP contribution in [0.3, 0.4) is 0 Å². The third kappa shape index (κ3) is 1.14. The number of benzene rings is 1. The molecule has 2 nitrogen and oxygen atoms in total. The van der Waals surface area contributed by atoms with Gasteiger partial charge in [-0.3, -0.25) is 0 Å². The molecule has 0 atom stereocenters. The molecular formula is C11H9N2Si+. The number of pyridine rings is 1. The van der Waals surface area contributed by atoms with Crippen molar-refractivity contribution < 1.29 is 4.98 Å². The minimum absolute atomic E-state index is 0. The summed E-state index contributed by atoms with van der Waals surface area (Å²) in [7, 11) is 0. The molecule has 1 aromatic carbocycles. The van der Waals surface area contributed by atoms with Crippen molar-refractivity contribution in [3.05, 3.63) is 42.7 Å². The molecule has 0 saturated carbocycles. The van der Waals surface area contributed by atoms with E-state index in [1.54, 1.807) is 0 Å². The fraction of sp³-hybridized carbons (Fsp3) is 0. The Hall–Kier alpha value is -1.61. The van der Waals surface area contributed by atoms with Crippen LogP contribution in [-0.2, 0) is 0 Å². The fourth-order valence-corrected chi connectivity index (χ4v) is 1.73. The summed E-state index contributed by atoms with van der Waals surface area (Å²) in [5, 5.41) is 2.49. The smallest absolute Gasteiger partial charge is 0.220 e. The second-order valence-electron chi connectivity index (χ2n) is 3.14. The van der Waals surface area contributed by atoms with E-state index in [0.717, 1.165) is 0 Å². The summed E-state index contributed by atoms with van der Waals surface area (Å²) in [5.74, 6) is 0. The van der Waals surface area contributed by atoms with Gasteiger partial charge < -0.3 is 4.98 Å². The lowest BCUT2D eigenvalue weighted by atomic mass is 10.1. The second kappa shape index (κ2) is 3.27. The number of nitrogens with one attached hydrogen (secondary N) is 2. The number of aromatic amines is 2. The highest BCUT2D eigenvalue weighted by molar-refractivity contribution is 6.01. The summed E-state index contributed by atoms with van der Waals surface area (Å²) >= 11 is 0. The van der Waals surface area contributed by atoms with Crippen LogP contribution in [0.4, 0.5) is 0 Å². The summed E-state index contributed by atoms with van der Waals surface area (Å²) in [5.41, 5.74) is 2.37. The molecule has 2 N–H and O–H groups in total. The van der Waals surface area contributed by atoms with E-state index in [1.165, 1.54) is 21.8 Å². The van der Waals surface area contributed by atoms with Crippen molar-refractivity contribution >= 4 is 32.8 Å². The maximum atomic E-state index is 3.26. The van der Waals surface area contributed by atoms with E-state index in [1.807, 2.05) is 18.5 Å². The van der Waals surface area contributed by atoms with Gasteiger partial charge in [0, 0.05) is 28.6 Å². The zero-order valence-corrected chi connectivity index (χ0v) is 8.54. The highest BCUT2D eigenvalue weighted by Gasteiger charge is 2.04. The predicted molar refractivity (Wildman–Crippen MR) is 58.1 cm³/mol. The average molecular weight is 197 g/mol. The second-order valence-corrected chi connectivity index (χ2v) is 3.14. The molecule has 66 valence electrons. The van der Waals surface area contributed by atoms with Crippen molar-refractivity contribution in [2.45, 2.75) is 0 Å². The molecule has 2 aromatic heterocycles. The van der Waals surface area contributed by atoms with Gasteiger partial charge in [0.15, 0.2) is 6.20 Å². The van der Waals surface area contributed by atoms with E-state index in [0.29, 0.717) is 0 Å². The molecule has 0 unspecified atom stereocenters. The van der Waals surface area contributed by atoms with Crippen LogP contribution in [0.25, 0.3) is 21.8 Å². The quantitative estimate of drug-likeness (QED) is 0.532. The lowest BCUT2D eigenvalue weighted by Gasteiger charge is -1.91. The van der Waals surface area contributed by atoms with Crippen LogP contribution in [0.1, 0.15) is 0 Å². The highest BCUT2D eigenvalue weighted by atomic mass is 28.1. The lowest BCUT2D eigenvalue weighted by molar-refractivity contribution is -0.343. The number of fused-ring (bicyclic) bond motifs is 3. The summed E-state index contributed by atoms with van der Waals surface area (Å²) in [6.07, 6.45) is 3.92. The Labute approximate surface area is 86.0 Å². The summed E-state index contributed by atoms with van der Waals surface area (Å²) in [6.45, 7) is 0. The van der Waals surface area contributed by atoms with Gasteiger partial charge in [-0.05, 0) is 24.3 Å². The largest absolute Gasteiger partial charge is 0.361 e. The molecule has 0 amide bonds. The topological polar surface area (TPSA) is 29.9 Å². The molecule has 0 spiro atoms. The minimum atomic E-state index is 0. The summed E-state index contributed by atoms with van der Waals surface area (Å²) in [6, 6.07) is 10.4. The Morgan fingerprint density at radius 1 is 1.07 bits per heavy atom. The van der Waals surface area contributed by atoms with Crippen LogP contribution in [-0.4, -0.2) is 15.9 Å². The van der Waals surface area contributed by atoms with E-state index in [2.05, 4.69) is 34.2 Å². The lowest BCUT2D eigenvalue weighted by Crippen LogP contribution is -2.00. The molecular weight excluding hydrogens is 188 g/mol. The normalized spacial score (nSPS) is 10.3. The molecule has 3 rings (SSSR count). The first-order valence-corrected chi connectivity index (χ1v) is 4.32. The summed E-state index contributed by atoms with van der Waals surface area (Å²) < 4.78 is 0. The van der Waals surface area contributed by atoms with Gasteiger partial charge in [-0.15, -0.1) is 0 Å². The maximum absolute atomic E-state index is 3.26. The van der Waals surface area contributed by atoms with Crippen LogP contribution >= 0.6 is 0 Å². The number of hydrogen-bond acceptors (Lipinski definition) is 0. The first-order chi connectivity index (χ1) is 6.45. The van der Waals surface area contributed by atoms with Gasteiger partial charge in [0.2, 0.25) is 5.52 Å². The van der Waals surface area contributed by atoms with Gasteiger partial charge in [-0.1, -0.05) is 0 Å². The predicted octanol–water partition coefficient (Wildman–Crippen LogP) is 1.75. The van der Waals surface area contributed by atoms with Gasteiger partial charge in [0.25, 0.3) is 0 Å². The van der Waals surface area contributed by atoms with Crippen molar-refractivity contribution in [3.8, 4) is 0 Å². The van der Waals surface area contributed by atoms with E-state index in [-0.39, 0.29) is 11.0 Å². The van der Waals surface area contributed by atoms with Crippen LogP contribution in [0.5, 0.6) is 0 Å². The fourth-order valence-electron chi connectivity index (χ4n) is 1.73. The Bertz CT molecular complexity index is 571. The zero-order chi connectivity index (χ0) is 8.67. The van der Waals surface area contributed by atoms with Gasteiger partial charge in [-0.25, -0.2) is 4.98 Å². The molecule has 0 saturated heterocycles. The molecule has 3 aromatic rings. The van der Waals surface area contributed by atoms with Crippen molar-refractivity contribution in [2.24, 2.45) is 0 Å². The van der Waals surface area contributed by atoms with E-state index in [9.17, 15) is 0 Å². The minimum Gasteiger partial charge on any atom is -0.361 e. The van der Waals surface area contributed by atoms with E-state index >= 15 is 0 Å². The first-order valence-electron chi connectivity index (χ1n) is 4.32. The number of aromatic nitrogens is 2. The third-order valence-corrected chi connectivity index (χ3v) is 2.37. The molecule has 2 heterocycles. The first kappa shape index (κ1) is 8.96. The highest BCUT2D eigenvalue weighted by Crippen LogP contribution is 2.19. The number of hydrogen-bond donors (Lipinski definition) is 1. The molecule has 14 heavy (non-hydrogen) atoms. The molecule has 0 bridgehead atoms. The molecule has 0 aliphatic heterocycles.